The summed E-state index contributed by atoms with van der Waals surface area (Å²) in [6.07, 6.45) is 1.56. The number of benzene rings is 1. The third kappa shape index (κ3) is 4.42. The number of rotatable bonds is 7. The number of hydrogen-bond donors (Lipinski definition) is 4. The first-order valence-corrected chi connectivity index (χ1v) is 8.47. The van der Waals surface area contributed by atoms with Crippen molar-refractivity contribution in [2.24, 2.45) is 0 Å². The molecule has 0 spiro atoms. The Labute approximate surface area is 160 Å². The van der Waals surface area contributed by atoms with Gasteiger partial charge in [-0.3, -0.25) is 0 Å². The quantitative estimate of drug-likeness (QED) is 0.488. The summed E-state index contributed by atoms with van der Waals surface area (Å²) in [6.45, 7) is 6.57. The second-order valence-electron chi connectivity index (χ2n) is 5.55. The molecule has 0 amide bonds. The van der Waals surface area contributed by atoms with Gasteiger partial charge in [-0.2, -0.15) is 0 Å². The molecule has 0 bridgehead atoms. The number of aromatic carboxylic acids is 1. The minimum absolute atomic E-state index is 0.0325. The summed E-state index contributed by atoms with van der Waals surface area (Å²) in [5.41, 5.74) is 1.71. The molecule has 2 heterocycles. The number of pyridine rings is 1. The number of fused-ring (bicyclic) bond motifs is 1. The van der Waals surface area contributed by atoms with Crippen LogP contribution < -0.4 is 16.0 Å². The smallest absolute Gasteiger partial charge is 0.337 e. The zero-order chi connectivity index (χ0) is 19.4. The monoisotopic (exact) mass is 384 g/mol. The molecule has 1 aromatic carbocycles. The zero-order valence-corrected chi connectivity index (χ0v) is 15.2. The van der Waals surface area contributed by atoms with E-state index in [1.807, 2.05) is 6.92 Å². The van der Waals surface area contributed by atoms with Crippen LogP contribution in [-0.4, -0.2) is 32.6 Å². The number of nitrogens with one attached hydrogen (secondary N) is 3. The predicted octanol–water partition coefficient (Wildman–Crippen LogP) is 3.61. The Morgan fingerprint density at radius 2 is 2.00 bits per heavy atom. The van der Waals surface area contributed by atoms with Gasteiger partial charge in [-0.1, -0.05) is 18.2 Å². The maximum atomic E-state index is 11.0. The molecule has 138 valence electrons. The van der Waals surface area contributed by atoms with Crippen molar-refractivity contribution in [3.05, 3.63) is 59.5 Å². The molecule has 0 aliphatic heterocycles. The van der Waals surface area contributed by atoms with Gasteiger partial charge in [0.1, 0.15) is 11.3 Å². The van der Waals surface area contributed by atoms with E-state index >= 15 is 0 Å². The van der Waals surface area contributed by atoms with Gasteiger partial charge in [0, 0.05) is 12.2 Å². The van der Waals surface area contributed by atoms with Gasteiger partial charge in [0.2, 0.25) is 0 Å². The highest BCUT2D eigenvalue weighted by atomic mass is 35.5. The molecule has 0 fully saturated rings. The van der Waals surface area contributed by atoms with Crippen molar-refractivity contribution in [2.75, 3.05) is 17.2 Å². The normalized spacial score (nSPS) is 10.4. The molecule has 0 aliphatic carbocycles. The summed E-state index contributed by atoms with van der Waals surface area (Å²) < 4.78 is 0. The average Bonchev–Trinajstić information content (AvgIpc) is 2.61. The summed E-state index contributed by atoms with van der Waals surface area (Å²) in [4.78, 5) is 24.2. The SMILES string of the molecule is C=C(NCC)Nc1ccc2ncc(Nc3ccc(C(=O)O)c(Cl)c3)nc2n1. The summed E-state index contributed by atoms with van der Waals surface area (Å²) in [6, 6.07) is 8.14. The van der Waals surface area contributed by atoms with E-state index in [-0.39, 0.29) is 10.6 Å². The first-order valence-electron chi connectivity index (χ1n) is 8.09. The van der Waals surface area contributed by atoms with Gasteiger partial charge in [-0.05, 0) is 37.3 Å². The van der Waals surface area contributed by atoms with E-state index in [1.54, 1.807) is 24.4 Å². The van der Waals surface area contributed by atoms with Gasteiger partial charge in [0.15, 0.2) is 11.5 Å². The van der Waals surface area contributed by atoms with Gasteiger partial charge >= 0.3 is 5.97 Å². The molecule has 0 aliphatic rings. The van der Waals surface area contributed by atoms with E-state index in [9.17, 15) is 4.79 Å². The van der Waals surface area contributed by atoms with Crippen LogP contribution in [0.2, 0.25) is 5.02 Å². The number of carboxylic acid groups (broad SMARTS) is 1. The van der Waals surface area contributed by atoms with Gasteiger partial charge < -0.3 is 21.1 Å². The average molecular weight is 385 g/mol. The van der Waals surface area contributed by atoms with Crippen molar-refractivity contribution in [2.45, 2.75) is 6.92 Å². The molecule has 0 radical (unpaired) electrons. The second kappa shape index (κ2) is 7.88. The molecule has 0 atom stereocenters. The van der Waals surface area contributed by atoms with Gasteiger partial charge in [-0.25, -0.2) is 19.7 Å². The highest BCUT2D eigenvalue weighted by Crippen LogP contribution is 2.23. The maximum absolute atomic E-state index is 11.0. The fourth-order valence-corrected chi connectivity index (χ4v) is 2.62. The molecule has 27 heavy (non-hydrogen) atoms. The number of hydrogen-bond acceptors (Lipinski definition) is 7. The lowest BCUT2D eigenvalue weighted by Gasteiger charge is -2.11. The van der Waals surface area contributed by atoms with Crippen molar-refractivity contribution < 1.29 is 9.90 Å². The number of aromatic nitrogens is 3. The van der Waals surface area contributed by atoms with E-state index in [0.717, 1.165) is 6.54 Å². The van der Waals surface area contributed by atoms with Gasteiger partial charge in [0.25, 0.3) is 0 Å². The number of carbonyl (C=O) groups is 1. The van der Waals surface area contributed by atoms with E-state index in [0.29, 0.717) is 34.3 Å². The molecule has 0 saturated heterocycles. The third-order valence-corrected chi connectivity index (χ3v) is 3.86. The largest absolute Gasteiger partial charge is 0.478 e. The van der Waals surface area contributed by atoms with Crippen LogP contribution in [-0.2, 0) is 0 Å². The second-order valence-corrected chi connectivity index (χ2v) is 5.96. The Hall–Kier alpha value is -3.39. The van der Waals surface area contributed by atoms with Crippen molar-refractivity contribution in [1.82, 2.24) is 20.3 Å². The molecule has 4 N–H and O–H groups in total. The first-order chi connectivity index (χ1) is 13.0. The van der Waals surface area contributed by atoms with E-state index in [4.69, 9.17) is 16.7 Å². The van der Waals surface area contributed by atoms with Crippen molar-refractivity contribution >= 4 is 46.1 Å². The summed E-state index contributed by atoms with van der Waals surface area (Å²) in [5.74, 6) is 0.603. The lowest BCUT2D eigenvalue weighted by Crippen LogP contribution is -2.18. The van der Waals surface area contributed by atoms with Crippen LogP contribution in [0.1, 0.15) is 17.3 Å². The molecular weight excluding hydrogens is 368 g/mol. The molecule has 0 unspecified atom stereocenters. The topological polar surface area (TPSA) is 112 Å². The van der Waals surface area contributed by atoms with Crippen LogP contribution in [0.3, 0.4) is 0 Å². The lowest BCUT2D eigenvalue weighted by atomic mass is 10.2. The van der Waals surface area contributed by atoms with Crippen LogP contribution in [0, 0.1) is 0 Å². The van der Waals surface area contributed by atoms with Crippen molar-refractivity contribution in [3.8, 4) is 0 Å². The minimum Gasteiger partial charge on any atom is -0.478 e. The Balaban J connectivity index is 1.84. The van der Waals surface area contributed by atoms with Crippen LogP contribution in [0.25, 0.3) is 11.2 Å². The Bertz CT molecular complexity index is 1020. The summed E-state index contributed by atoms with van der Waals surface area (Å²) in [5, 5.41) is 18.3. The van der Waals surface area contributed by atoms with Crippen LogP contribution >= 0.6 is 11.6 Å². The van der Waals surface area contributed by atoms with Crippen molar-refractivity contribution in [1.29, 1.82) is 0 Å². The number of halogens is 1. The van der Waals surface area contributed by atoms with Crippen LogP contribution in [0.4, 0.5) is 17.3 Å². The van der Waals surface area contributed by atoms with Gasteiger partial charge in [-0.15, -0.1) is 0 Å². The highest BCUT2D eigenvalue weighted by Gasteiger charge is 2.10. The minimum atomic E-state index is -1.08. The van der Waals surface area contributed by atoms with Gasteiger partial charge in [0.05, 0.1) is 22.6 Å². The molecule has 0 saturated carbocycles. The third-order valence-electron chi connectivity index (χ3n) is 3.55. The zero-order valence-electron chi connectivity index (χ0n) is 14.5. The van der Waals surface area contributed by atoms with E-state index in [2.05, 4.69) is 37.5 Å². The van der Waals surface area contributed by atoms with E-state index < -0.39 is 5.97 Å². The first kappa shape index (κ1) is 18.4. The number of nitrogens with zero attached hydrogens (tertiary/aromatic N) is 3. The molecule has 3 aromatic rings. The molecule has 9 heteroatoms. The van der Waals surface area contributed by atoms with Crippen LogP contribution in [0.15, 0.2) is 48.9 Å². The van der Waals surface area contributed by atoms with Crippen molar-refractivity contribution in [3.63, 3.8) is 0 Å². The van der Waals surface area contributed by atoms with E-state index in [1.165, 1.54) is 12.1 Å². The fraction of sp³-hybridized carbons (Fsp3) is 0.111. The Morgan fingerprint density at radius 1 is 1.22 bits per heavy atom. The molecule has 3 rings (SSSR count). The summed E-state index contributed by atoms with van der Waals surface area (Å²) in [7, 11) is 0. The molecular formula is C18H17ClN6O2. The summed E-state index contributed by atoms with van der Waals surface area (Å²) >= 11 is 5.99. The fourth-order valence-electron chi connectivity index (χ4n) is 2.35. The standard InChI is InChI=1S/C18H17ClN6O2/c1-3-20-10(2)22-15-7-6-14-17(24-15)25-16(9-21-14)23-11-4-5-12(18(26)27)13(19)8-11/h4-9,20H,2-3H2,1H3,(H,26,27)(H2,22,23,24,25). The van der Waals surface area contributed by atoms with Crippen LogP contribution in [0.5, 0.6) is 0 Å². The maximum Gasteiger partial charge on any atom is 0.337 e. The Kier molecular flexibility index (Phi) is 5.37. The highest BCUT2D eigenvalue weighted by molar-refractivity contribution is 6.33. The number of anilines is 3. The Morgan fingerprint density at radius 3 is 2.70 bits per heavy atom. The lowest BCUT2D eigenvalue weighted by molar-refractivity contribution is 0.0697. The predicted molar refractivity (Wildman–Crippen MR) is 105 cm³/mol. The molecule has 2 aromatic heterocycles. The number of carboxylic acids is 1. The molecule has 8 nitrogen and oxygen atoms in total.